The highest BCUT2D eigenvalue weighted by atomic mass is 16.2. The number of rotatable bonds is 6. The number of hydrogen-bond donors (Lipinski definition) is 3. The lowest BCUT2D eigenvalue weighted by Gasteiger charge is -2.19. The van der Waals surface area contributed by atoms with Crippen molar-refractivity contribution in [2.24, 2.45) is 0 Å². The molecule has 1 unspecified atom stereocenters. The van der Waals surface area contributed by atoms with Crippen molar-refractivity contribution in [3.05, 3.63) is 59.2 Å². The first-order valence-corrected chi connectivity index (χ1v) is 8.77. The number of benzene rings is 2. The molecule has 0 aliphatic rings. The van der Waals surface area contributed by atoms with Crippen LogP contribution in [0.4, 0.5) is 11.4 Å². The van der Waals surface area contributed by atoms with Gasteiger partial charge >= 0.3 is 0 Å². The largest absolute Gasteiger partial charge is 0.349 e. The molecule has 0 bridgehead atoms. The Bertz CT molecular complexity index is 844. The molecule has 3 N–H and O–H groups in total. The van der Waals surface area contributed by atoms with E-state index in [1.54, 1.807) is 18.2 Å². The topological polar surface area (TPSA) is 87.3 Å². The SMILES string of the molecule is CC(=O)Nc1cccc(NC(=O)CC(NC(C)=O)c2ccc(C)cc2)c1C. The second kappa shape index (κ2) is 8.98. The van der Waals surface area contributed by atoms with Crippen molar-refractivity contribution in [2.75, 3.05) is 10.6 Å². The Labute approximate surface area is 159 Å². The van der Waals surface area contributed by atoms with Gasteiger partial charge < -0.3 is 16.0 Å². The summed E-state index contributed by atoms with van der Waals surface area (Å²) < 4.78 is 0. The lowest BCUT2D eigenvalue weighted by molar-refractivity contribution is -0.120. The molecule has 0 fully saturated rings. The highest BCUT2D eigenvalue weighted by Gasteiger charge is 2.18. The molecule has 0 heterocycles. The monoisotopic (exact) mass is 367 g/mol. The summed E-state index contributed by atoms with van der Waals surface area (Å²) in [6, 6.07) is 12.6. The van der Waals surface area contributed by atoms with Crippen LogP contribution in [0.1, 0.15) is 43.0 Å². The summed E-state index contributed by atoms with van der Waals surface area (Å²) in [5.74, 6) is -0.596. The Morgan fingerprint density at radius 1 is 0.852 bits per heavy atom. The van der Waals surface area contributed by atoms with Crippen LogP contribution in [0.2, 0.25) is 0 Å². The maximum Gasteiger partial charge on any atom is 0.226 e. The van der Waals surface area contributed by atoms with Crippen molar-refractivity contribution in [1.29, 1.82) is 0 Å². The number of carbonyl (C=O) groups excluding carboxylic acids is 3. The fraction of sp³-hybridized carbons (Fsp3) is 0.286. The molecule has 2 aromatic carbocycles. The minimum atomic E-state index is -0.415. The van der Waals surface area contributed by atoms with Crippen LogP contribution in [0.3, 0.4) is 0 Å². The van der Waals surface area contributed by atoms with E-state index in [-0.39, 0.29) is 24.1 Å². The maximum atomic E-state index is 12.6. The highest BCUT2D eigenvalue weighted by molar-refractivity contribution is 5.95. The second-order valence-electron chi connectivity index (χ2n) is 6.58. The van der Waals surface area contributed by atoms with Crippen molar-refractivity contribution in [3.63, 3.8) is 0 Å². The molecule has 2 rings (SSSR count). The predicted octanol–water partition coefficient (Wildman–Crippen LogP) is 3.47. The molecule has 6 heteroatoms. The molecular formula is C21H25N3O3. The third-order valence-corrected chi connectivity index (χ3v) is 4.17. The highest BCUT2D eigenvalue weighted by Crippen LogP contribution is 2.25. The molecule has 0 radical (unpaired) electrons. The third kappa shape index (κ3) is 5.95. The molecule has 0 saturated carbocycles. The summed E-state index contributed by atoms with van der Waals surface area (Å²) in [5, 5.41) is 8.43. The molecule has 1 atom stereocenters. The van der Waals surface area contributed by atoms with Gasteiger partial charge in [-0.05, 0) is 37.1 Å². The molecule has 6 nitrogen and oxygen atoms in total. The second-order valence-corrected chi connectivity index (χ2v) is 6.58. The Kier molecular flexibility index (Phi) is 6.71. The predicted molar refractivity (Wildman–Crippen MR) is 106 cm³/mol. The van der Waals surface area contributed by atoms with Gasteiger partial charge in [-0.25, -0.2) is 0 Å². The van der Waals surface area contributed by atoms with Crippen LogP contribution >= 0.6 is 0 Å². The van der Waals surface area contributed by atoms with Gasteiger partial charge in [0, 0.05) is 25.2 Å². The van der Waals surface area contributed by atoms with E-state index in [9.17, 15) is 14.4 Å². The van der Waals surface area contributed by atoms with Crippen LogP contribution in [0.15, 0.2) is 42.5 Å². The van der Waals surface area contributed by atoms with Crippen molar-refractivity contribution in [1.82, 2.24) is 5.32 Å². The van der Waals surface area contributed by atoms with E-state index in [1.807, 2.05) is 38.1 Å². The van der Waals surface area contributed by atoms with Crippen LogP contribution in [-0.4, -0.2) is 17.7 Å². The Morgan fingerprint density at radius 3 is 2.00 bits per heavy atom. The minimum absolute atomic E-state index is 0.104. The number of hydrogen-bond acceptors (Lipinski definition) is 3. The Balaban J connectivity index is 2.15. The third-order valence-electron chi connectivity index (χ3n) is 4.17. The molecule has 27 heavy (non-hydrogen) atoms. The first-order chi connectivity index (χ1) is 12.8. The molecule has 0 aliphatic carbocycles. The van der Waals surface area contributed by atoms with Crippen molar-refractivity contribution < 1.29 is 14.4 Å². The fourth-order valence-electron chi connectivity index (χ4n) is 2.78. The van der Waals surface area contributed by atoms with E-state index < -0.39 is 6.04 Å². The normalized spacial score (nSPS) is 11.4. The number of nitrogens with one attached hydrogen (secondary N) is 3. The minimum Gasteiger partial charge on any atom is -0.349 e. The van der Waals surface area contributed by atoms with Gasteiger partial charge in [0.1, 0.15) is 0 Å². The number of carbonyl (C=O) groups is 3. The molecule has 142 valence electrons. The Hall–Kier alpha value is -3.15. The van der Waals surface area contributed by atoms with Gasteiger partial charge in [-0.1, -0.05) is 35.9 Å². The van der Waals surface area contributed by atoms with Crippen LogP contribution in [0.5, 0.6) is 0 Å². The lowest BCUT2D eigenvalue weighted by atomic mass is 10.0. The zero-order valence-corrected chi connectivity index (χ0v) is 16.1. The molecular weight excluding hydrogens is 342 g/mol. The van der Waals surface area contributed by atoms with Crippen molar-refractivity contribution in [3.8, 4) is 0 Å². The smallest absolute Gasteiger partial charge is 0.226 e. The van der Waals surface area contributed by atoms with Crippen molar-refractivity contribution in [2.45, 2.75) is 40.2 Å². The first kappa shape index (κ1) is 20.2. The van der Waals surface area contributed by atoms with E-state index in [4.69, 9.17) is 0 Å². The first-order valence-electron chi connectivity index (χ1n) is 8.77. The van der Waals surface area contributed by atoms with E-state index in [2.05, 4.69) is 16.0 Å². The molecule has 0 aliphatic heterocycles. The van der Waals surface area contributed by atoms with E-state index in [0.29, 0.717) is 11.4 Å². The molecule has 0 aromatic heterocycles. The van der Waals surface area contributed by atoms with Crippen LogP contribution < -0.4 is 16.0 Å². The van der Waals surface area contributed by atoms with Gasteiger partial charge in [-0.2, -0.15) is 0 Å². The van der Waals surface area contributed by atoms with Gasteiger partial charge in [0.05, 0.1) is 12.5 Å². The average molecular weight is 367 g/mol. The number of amides is 3. The summed E-state index contributed by atoms with van der Waals surface area (Å²) in [5.41, 5.74) is 4.02. The summed E-state index contributed by atoms with van der Waals surface area (Å²) in [4.78, 5) is 35.4. The summed E-state index contributed by atoms with van der Waals surface area (Å²) in [6.07, 6.45) is 0.104. The average Bonchev–Trinajstić information content (AvgIpc) is 2.58. The van der Waals surface area contributed by atoms with E-state index >= 15 is 0 Å². The number of aryl methyl sites for hydroxylation is 1. The Morgan fingerprint density at radius 2 is 1.44 bits per heavy atom. The summed E-state index contributed by atoms with van der Waals surface area (Å²) in [6.45, 7) is 6.67. The van der Waals surface area contributed by atoms with Gasteiger partial charge in [-0.3, -0.25) is 14.4 Å². The molecule has 2 aromatic rings. The van der Waals surface area contributed by atoms with Crippen LogP contribution in [0.25, 0.3) is 0 Å². The van der Waals surface area contributed by atoms with Gasteiger partial charge in [0.15, 0.2) is 0 Å². The summed E-state index contributed by atoms with van der Waals surface area (Å²) >= 11 is 0. The molecule has 3 amide bonds. The quantitative estimate of drug-likeness (QED) is 0.730. The standard InChI is InChI=1S/C21H25N3O3/c1-13-8-10-17(11-9-13)20(23-16(4)26)12-21(27)24-19-7-5-6-18(14(19)2)22-15(3)25/h5-11,20H,12H2,1-4H3,(H,22,25)(H,23,26)(H,24,27). The summed E-state index contributed by atoms with van der Waals surface area (Å²) in [7, 11) is 0. The molecule has 0 spiro atoms. The van der Waals surface area contributed by atoms with Crippen LogP contribution in [0, 0.1) is 13.8 Å². The van der Waals surface area contributed by atoms with Gasteiger partial charge in [-0.15, -0.1) is 0 Å². The van der Waals surface area contributed by atoms with Crippen LogP contribution in [-0.2, 0) is 14.4 Å². The fourth-order valence-corrected chi connectivity index (χ4v) is 2.78. The van der Waals surface area contributed by atoms with E-state index in [0.717, 1.165) is 16.7 Å². The zero-order chi connectivity index (χ0) is 20.0. The maximum absolute atomic E-state index is 12.6. The van der Waals surface area contributed by atoms with E-state index in [1.165, 1.54) is 13.8 Å². The number of anilines is 2. The lowest BCUT2D eigenvalue weighted by Crippen LogP contribution is -2.29. The van der Waals surface area contributed by atoms with Crippen molar-refractivity contribution >= 4 is 29.1 Å². The van der Waals surface area contributed by atoms with Gasteiger partial charge in [0.2, 0.25) is 17.7 Å². The molecule has 0 saturated heterocycles. The van der Waals surface area contributed by atoms with Gasteiger partial charge in [0.25, 0.3) is 0 Å². The zero-order valence-electron chi connectivity index (χ0n) is 16.1.